The SMILES string of the molecule is NC(=O)Cn1cnc2sc3c(c2c1=O)C(C(=O)O)CC3. The molecule has 1 aliphatic rings. The second-order valence-electron chi connectivity index (χ2n) is 4.69. The number of aliphatic carboxylic acids is 1. The topological polar surface area (TPSA) is 115 Å². The van der Waals surface area contributed by atoms with E-state index in [2.05, 4.69) is 4.98 Å². The third-order valence-electron chi connectivity index (χ3n) is 3.43. The molecule has 2 heterocycles. The largest absolute Gasteiger partial charge is 0.481 e. The van der Waals surface area contributed by atoms with Crippen LogP contribution in [0.15, 0.2) is 11.1 Å². The second-order valence-corrected chi connectivity index (χ2v) is 5.78. The lowest BCUT2D eigenvalue weighted by atomic mass is 10.0. The standard InChI is InChI=1S/C12H11N3O4S/c13-7(16)3-15-4-14-10-9(11(15)17)8-5(12(18)19)1-2-6(8)20-10/h4-5H,1-3H2,(H2,13,16)(H,18,19). The fourth-order valence-corrected chi connectivity index (χ4v) is 3.80. The van der Waals surface area contributed by atoms with Gasteiger partial charge >= 0.3 is 5.97 Å². The highest BCUT2D eigenvalue weighted by atomic mass is 32.1. The minimum absolute atomic E-state index is 0.260. The van der Waals surface area contributed by atoms with Crippen molar-refractivity contribution in [2.45, 2.75) is 25.3 Å². The lowest BCUT2D eigenvalue weighted by Gasteiger charge is -2.06. The molecule has 0 fully saturated rings. The smallest absolute Gasteiger partial charge is 0.311 e. The summed E-state index contributed by atoms with van der Waals surface area (Å²) < 4.78 is 1.12. The summed E-state index contributed by atoms with van der Waals surface area (Å²) in [5.41, 5.74) is 5.24. The molecule has 0 spiro atoms. The van der Waals surface area contributed by atoms with Crippen molar-refractivity contribution in [2.24, 2.45) is 5.73 Å². The summed E-state index contributed by atoms with van der Waals surface area (Å²) in [6.07, 6.45) is 2.41. The molecule has 1 atom stereocenters. The van der Waals surface area contributed by atoms with E-state index < -0.39 is 23.4 Å². The molecule has 8 heteroatoms. The van der Waals surface area contributed by atoms with Gasteiger partial charge in [0.2, 0.25) is 5.91 Å². The van der Waals surface area contributed by atoms with Crippen molar-refractivity contribution in [3.05, 3.63) is 27.1 Å². The van der Waals surface area contributed by atoms with Gasteiger partial charge < -0.3 is 10.8 Å². The molecule has 1 aliphatic carbocycles. The van der Waals surface area contributed by atoms with Gasteiger partial charge in [0.15, 0.2) is 0 Å². The first-order valence-corrected chi connectivity index (χ1v) is 6.82. The second kappa shape index (κ2) is 4.41. The average molecular weight is 293 g/mol. The molecule has 104 valence electrons. The zero-order valence-corrected chi connectivity index (χ0v) is 11.1. The number of carboxylic acid groups (broad SMARTS) is 1. The molecule has 20 heavy (non-hydrogen) atoms. The van der Waals surface area contributed by atoms with E-state index in [4.69, 9.17) is 5.73 Å². The quantitative estimate of drug-likeness (QED) is 0.830. The van der Waals surface area contributed by atoms with Gasteiger partial charge in [-0.15, -0.1) is 11.3 Å². The summed E-state index contributed by atoms with van der Waals surface area (Å²) in [5, 5.41) is 9.56. The predicted octanol–water partition coefficient (Wildman–Crippen LogP) is 0.0577. The summed E-state index contributed by atoms with van der Waals surface area (Å²) in [4.78, 5) is 40.2. The molecule has 7 nitrogen and oxygen atoms in total. The van der Waals surface area contributed by atoms with Crippen molar-refractivity contribution in [2.75, 3.05) is 0 Å². The van der Waals surface area contributed by atoms with Gasteiger partial charge in [-0.05, 0) is 18.4 Å². The van der Waals surface area contributed by atoms with E-state index >= 15 is 0 Å². The van der Waals surface area contributed by atoms with E-state index in [1.165, 1.54) is 17.7 Å². The summed E-state index contributed by atoms with van der Waals surface area (Å²) in [6, 6.07) is 0. The number of rotatable bonds is 3. The molecule has 0 radical (unpaired) electrons. The van der Waals surface area contributed by atoms with Gasteiger partial charge in [0, 0.05) is 4.88 Å². The van der Waals surface area contributed by atoms with Crippen LogP contribution in [-0.4, -0.2) is 26.5 Å². The molecule has 2 aromatic rings. The Morgan fingerprint density at radius 3 is 2.95 bits per heavy atom. The van der Waals surface area contributed by atoms with Crippen molar-refractivity contribution < 1.29 is 14.7 Å². The van der Waals surface area contributed by atoms with Crippen molar-refractivity contribution in [3.63, 3.8) is 0 Å². The Morgan fingerprint density at radius 1 is 1.55 bits per heavy atom. The van der Waals surface area contributed by atoms with Crippen LogP contribution in [0.3, 0.4) is 0 Å². The minimum Gasteiger partial charge on any atom is -0.481 e. The summed E-state index contributed by atoms with van der Waals surface area (Å²) >= 11 is 1.35. The van der Waals surface area contributed by atoms with Gasteiger partial charge in [-0.3, -0.25) is 19.0 Å². The van der Waals surface area contributed by atoms with Crippen LogP contribution in [0.2, 0.25) is 0 Å². The number of thiophene rings is 1. The van der Waals surface area contributed by atoms with Crippen LogP contribution < -0.4 is 11.3 Å². The Kier molecular flexibility index (Phi) is 2.82. The molecule has 3 N–H and O–H groups in total. The molecule has 1 unspecified atom stereocenters. The predicted molar refractivity (Wildman–Crippen MR) is 71.8 cm³/mol. The number of carboxylic acids is 1. The van der Waals surface area contributed by atoms with Crippen LogP contribution in [0, 0.1) is 0 Å². The number of nitrogens with zero attached hydrogens (tertiary/aromatic N) is 2. The van der Waals surface area contributed by atoms with Crippen LogP contribution in [0.25, 0.3) is 10.2 Å². The molecular formula is C12H11N3O4S. The monoisotopic (exact) mass is 293 g/mol. The van der Waals surface area contributed by atoms with Crippen molar-refractivity contribution in [1.82, 2.24) is 9.55 Å². The highest BCUT2D eigenvalue weighted by molar-refractivity contribution is 7.18. The van der Waals surface area contributed by atoms with Gasteiger partial charge in [-0.1, -0.05) is 0 Å². The zero-order valence-electron chi connectivity index (χ0n) is 10.3. The first-order chi connectivity index (χ1) is 9.49. The summed E-state index contributed by atoms with van der Waals surface area (Å²) in [5.74, 6) is -2.25. The normalized spacial score (nSPS) is 17.3. The number of fused-ring (bicyclic) bond motifs is 3. The van der Waals surface area contributed by atoms with Gasteiger partial charge in [-0.25, -0.2) is 4.98 Å². The molecule has 1 amide bonds. The van der Waals surface area contributed by atoms with Crippen molar-refractivity contribution in [1.29, 1.82) is 0 Å². The Hall–Kier alpha value is -2.22. The van der Waals surface area contributed by atoms with E-state index in [1.807, 2.05) is 0 Å². The van der Waals surface area contributed by atoms with Crippen LogP contribution in [0.4, 0.5) is 0 Å². The van der Waals surface area contributed by atoms with Crippen molar-refractivity contribution in [3.8, 4) is 0 Å². The van der Waals surface area contributed by atoms with Gasteiger partial charge in [0.25, 0.3) is 5.56 Å². The number of hydrogen-bond acceptors (Lipinski definition) is 5. The molecular weight excluding hydrogens is 282 g/mol. The van der Waals surface area contributed by atoms with Crippen LogP contribution in [-0.2, 0) is 22.6 Å². The molecule has 3 rings (SSSR count). The third kappa shape index (κ3) is 1.80. The Bertz CT molecular complexity index is 792. The number of carbonyl (C=O) groups excluding carboxylic acids is 1. The first kappa shape index (κ1) is 12.8. The molecule has 0 aromatic carbocycles. The molecule has 0 bridgehead atoms. The lowest BCUT2D eigenvalue weighted by Crippen LogP contribution is -2.28. The highest BCUT2D eigenvalue weighted by Gasteiger charge is 2.34. The molecule has 0 saturated heterocycles. The Morgan fingerprint density at radius 2 is 2.30 bits per heavy atom. The maximum Gasteiger partial charge on any atom is 0.311 e. The van der Waals surface area contributed by atoms with Gasteiger partial charge in [-0.2, -0.15) is 0 Å². The van der Waals surface area contributed by atoms with E-state index in [0.717, 1.165) is 9.44 Å². The zero-order chi connectivity index (χ0) is 14.4. The molecule has 2 aromatic heterocycles. The Balaban J connectivity index is 2.26. The fourth-order valence-electron chi connectivity index (χ4n) is 2.59. The third-order valence-corrected chi connectivity index (χ3v) is 4.60. The number of aromatic nitrogens is 2. The van der Waals surface area contributed by atoms with Crippen LogP contribution in [0.1, 0.15) is 22.8 Å². The van der Waals surface area contributed by atoms with Crippen molar-refractivity contribution >= 4 is 33.4 Å². The summed E-state index contributed by atoms with van der Waals surface area (Å²) in [6.45, 7) is -0.260. The maximum atomic E-state index is 12.4. The number of aryl methyl sites for hydroxylation is 1. The van der Waals surface area contributed by atoms with E-state index in [9.17, 15) is 19.5 Å². The van der Waals surface area contributed by atoms with Gasteiger partial charge in [0.1, 0.15) is 11.4 Å². The Labute approximate surface area is 116 Å². The fraction of sp³-hybridized carbons (Fsp3) is 0.333. The average Bonchev–Trinajstić information content (AvgIpc) is 2.90. The van der Waals surface area contributed by atoms with Gasteiger partial charge in [0.05, 0.1) is 17.6 Å². The highest BCUT2D eigenvalue weighted by Crippen LogP contribution is 2.41. The maximum absolute atomic E-state index is 12.4. The number of hydrogen-bond donors (Lipinski definition) is 2. The lowest BCUT2D eigenvalue weighted by molar-refractivity contribution is -0.138. The first-order valence-electron chi connectivity index (χ1n) is 6.01. The van der Waals surface area contributed by atoms with E-state index in [1.54, 1.807) is 0 Å². The van der Waals surface area contributed by atoms with E-state index in [0.29, 0.717) is 28.6 Å². The molecule has 0 saturated carbocycles. The summed E-state index contributed by atoms with van der Waals surface area (Å²) in [7, 11) is 0. The van der Waals surface area contributed by atoms with Crippen LogP contribution in [0.5, 0.6) is 0 Å². The molecule has 0 aliphatic heterocycles. The number of nitrogens with two attached hydrogens (primary N) is 1. The number of primary amides is 1. The minimum atomic E-state index is -0.937. The number of amides is 1. The van der Waals surface area contributed by atoms with Crippen LogP contribution >= 0.6 is 11.3 Å². The number of carbonyl (C=O) groups is 2. The van der Waals surface area contributed by atoms with E-state index in [-0.39, 0.29) is 6.54 Å².